The zero-order valence-electron chi connectivity index (χ0n) is 11.9. The zero-order valence-corrected chi connectivity index (χ0v) is 13.5. The topological polar surface area (TPSA) is 29.5 Å². The number of hydrogen-bond donors (Lipinski definition) is 1. The van der Waals surface area contributed by atoms with Gasteiger partial charge in [0.25, 0.3) is 0 Å². The molecule has 0 radical (unpaired) electrons. The molecular formula is C16H15BrF2O2. The van der Waals surface area contributed by atoms with E-state index in [1.807, 2.05) is 13.0 Å². The molecule has 1 atom stereocenters. The summed E-state index contributed by atoms with van der Waals surface area (Å²) in [4.78, 5) is 0. The van der Waals surface area contributed by atoms with Crippen molar-refractivity contribution in [3.63, 3.8) is 0 Å². The Bertz CT molecular complexity index is 686. The predicted molar refractivity (Wildman–Crippen MR) is 80.6 cm³/mol. The Kier molecular flexibility index (Phi) is 4.64. The highest BCUT2D eigenvalue weighted by atomic mass is 79.9. The lowest BCUT2D eigenvalue weighted by Crippen LogP contribution is -2.09. The maximum atomic E-state index is 13.9. The molecule has 0 aromatic heterocycles. The van der Waals surface area contributed by atoms with Crippen LogP contribution in [-0.4, -0.2) is 12.2 Å². The summed E-state index contributed by atoms with van der Waals surface area (Å²) in [5, 5.41) is 10.5. The SMILES string of the molecule is COc1c(C)cc(Br)c(C)c1C(O)c1cccc(F)c1F. The Balaban J connectivity index is 2.68. The van der Waals surface area contributed by atoms with E-state index in [1.54, 1.807) is 6.92 Å². The molecule has 21 heavy (non-hydrogen) atoms. The first-order valence-corrected chi connectivity index (χ1v) is 7.13. The standard InChI is InChI=1S/C16H15BrF2O2/c1-8-7-11(17)9(2)13(16(8)21-3)15(20)10-5-4-6-12(18)14(10)19/h4-7,15,20H,1-3H3. The molecule has 0 aliphatic carbocycles. The van der Waals surface area contributed by atoms with Gasteiger partial charge < -0.3 is 9.84 Å². The fraction of sp³-hybridized carbons (Fsp3) is 0.250. The molecule has 0 aliphatic rings. The summed E-state index contributed by atoms with van der Waals surface area (Å²) >= 11 is 3.40. The average molecular weight is 357 g/mol. The molecule has 1 unspecified atom stereocenters. The van der Waals surface area contributed by atoms with Gasteiger partial charge in [0.15, 0.2) is 11.6 Å². The van der Waals surface area contributed by atoms with Gasteiger partial charge in [0.1, 0.15) is 11.9 Å². The van der Waals surface area contributed by atoms with Crippen molar-refractivity contribution in [2.75, 3.05) is 7.11 Å². The minimum Gasteiger partial charge on any atom is -0.496 e. The quantitative estimate of drug-likeness (QED) is 0.881. The van der Waals surface area contributed by atoms with Crippen LogP contribution in [0.25, 0.3) is 0 Å². The molecule has 2 aromatic carbocycles. The van der Waals surface area contributed by atoms with Crippen LogP contribution in [-0.2, 0) is 0 Å². The van der Waals surface area contributed by atoms with Gasteiger partial charge in [-0.05, 0) is 37.1 Å². The Hall–Kier alpha value is -1.46. The van der Waals surface area contributed by atoms with Gasteiger partial charge in [-0.3, -0.25) is 0 Å². The second-order valence-corrected chi connectivity index (χ2v) is 5.65. The Morgan fingerprint density at radius 1 is 1.24 bits per heavy atom. The second kappa shape index (κ2) is 6.12. The van der Waals surface area contributed by atoms with Gasteiger partial charge in [-0.1, -0.05) is 28.1 Å². The van der Waals surface area contributed by atoms with Crippen LogP contribution in [0.3, 0.4) is 0 Å². The molecule has 1 N–H and O–H groups in total. The molecule has 0 saturated heterocycles. The molecule has 2 rings (SSSR count). The summed E-state index contributed by atoms with van der Waals surface area (Å²) in [7, 11) is 1.48. The highest BCUT2D eigenvalue weighted by Gasteiger charge is 2.24. The molecule has 0 bridgehead atoms. The van der Waals surface area contributed by atoms with Gasteiger partial charge in [-0.2, -0.15) is 0 Å². The van der Waals surface area contributed by atoms with Crippen LogP contribution in [0.15, 0.2) is 28.7 Å². The van der Waals surface area contributed by atoms with Gasteiger partial charge in [-0.25, -0.2) is 8.78 Å². The summed E-state index contributed by atoms with van der Waals surface area (Å²) in [6, 6.07) is 5.59. The fourth-order valence-corrected chi connectivity index (χ4v) is 2.92. The smallest absolute Gasteiger partial charge is 0.164 e. The van der Waals surface area contributed by atoms with E-state index in [2.05, 4.69) is 15.9 Å². The normalized spacial score (nSPS) is 12.3. The zero-order chi connectivity index (χ0) is 15.7. The van der Waals surface area contributed by atoms with E-state index in [9.17, 15) is 13.9 Å². The highest BCUT2D eigenvalue weighted by Crippen LogP contribution is 2.39. The summed E-state index contributed by atoms with van der Waals surface area (Å²) < 4.78 is 33.4. The number of halogens is 3. The first-order chi connectivity index (χ1) is 9.88. The average Bonchev–Trinajstić information content (AvgIpc) is 2.44. The molecule has 0 spiro atoms. The van der Waals surface area contributed by atoms with Crippen molar-refractivity contribution >= 4 is 15.9 Å². The van der Waals surface area contributed by atoms with Crippen LogP contribution in [0.5, 0.6) is 5.75 Å². The van der Waals surface area contributed by atoms with Crippen molar-refractivity contribution in [2.45, 2.75) is 20.0 Å². The molecule has 0 saturated carbocycles. The minimum atomic E-state index is -1.31. The maximum absolute atomic E-state index is 13.9. The van der Waals surface area contributed by atoms with Crippen molar-refractivity contribution < 1.29 is 18.6 Å². The molecule has 112 valence electrons. The highest BCUT2D eigenvalue weighted by molar-refractivity contribution is 9.10. The van der Waals surface area contributed by atoms with Crippen LogP contribution in [0.4, 0.5) is 8.78 Å². The number of benzene rings is 2. The monoisotopic (exact) mass is 356 g/mol. The third-order valence-corrected chi connectivity index (χ3v) is 4.29. The van der Waals surface area contributed by atoms with E-state index in [1.165, 1.54) is 19.2 Å². The van der Waals surface area contributed by atoms with Gasteiger partial charge in [0.05, 0.1) is 7.11 Å². The lowest BCUT2D eigenvalue weighted by Gasteiger charge is -2.21. The van der Waals surface area contributed by atoms with Crippen LogP contribution < -0.4 is 4.74 Å². The van der Waals surface area contributed by atoms with E-state index in [0.29, 0.717) is 16.9 Å². The molecule has 0 amide bonds. The fourth-order valence-electron chi connectivity index (χ4n) is 2.36. The van der Waals surface area contributed by atoms with Gasteiger partial charge >= 0.3 is 0 Å². The van der Waals surface area contributed by atoms with Crippen molar-refractivity contribution in [2.24, 2.45) is 0 Å². The van der Waals surface area contributed by atoms with Crippen LogP contribution in [0.1, 0.15) is 28.4 Å². The minimum absolute atomic E-state index is 0.117. The van der Waals surface area contributed by atoms with Gasteiger partial charge in [0.2, 0.25) is 0 Å². The van der Waals surface area contributed by atoms with E-state index >= 15 is 0 Å². The number of aliphatic hydroxyl groups excluding tert-OH is 1. The Morgan fingerprint density at radius 2 is 1.90 bits per heavy atom. The summed E-state index contributed by atoms with van der Waals surface area (Å²) in [6.45, 7) is 3.60. The first kappa shape index (κ1) is 15.9. The van der Waals surface area contributed by atoms with Crippen molar-refractivity contribution in [1.29, 1.82) is 0 Å². The van der Waals surface area contributed by atoms with Gasteiger partial charge in [-0.15, -0.1) is 0 Å². The van der Waals surface area contributed by atoms with E-state index < -0.39 is 17.7 Å². The summed E-state index contributed by atoms with van der Waals surface area (Å²) in [6.07, 6.45) is -1.31. The van der Waals surface area contributed by atoms with Crippen LogP contribution in [0, 0.1) is 25.5 Å². The summed E-state index contributed by atoms with van der Waals surface area (Å²) in [5.41, 5.74) is 1.82. The number of ether oxygens (including phenoxy) is 1. The third-order valence-electron chi connectivity index (χ3n) is 3.46. The van der Waals surface area contributed by atoms with Crippen LogP contribution >= 0.6 is 15.9 Å². The Morgan fingerprint density at radius 3 is 2.52 bits per heavy atom. The lowest BCUT2D eigenvalue weighted by atomic mass is 9.94. The lowest BCUT2D eigenvalue weighted by molar-refractivity contribution is 0.207. The van der Waals surface area contributed by atoms with Crippen molar-refractivity contribution in [3.05, 3.63) is 62.6 Å². The van der Waals surface area contributed by atoms with E-state index in [0.717, 1.165) is 16.1 Å². The molecule has 5 heteroatoms. The number of rotatable bonds is 3. The molecule has 0 heterocycles. The van der Waals surface area contributed by atoms with Crippen molar-refractivity contribution in [3.8, 4) is 5.75 Å². The predicted octanol–water partition coefficient (Wildman–Crippen LogP) is 4.43. The Labute approximate surface area is 130 Å². The summed E-state index contributed by atoms with van der Waals surface area (Å²) in [5.74, 6) is -1.58. The third kappa shape index (κ3) is 2.80. The van der Waals surface area contributed by atoms with E-state index in [-0.39, 0.29) is 5.56 Å². The number of aliphatic hydroxyl groups is 1. The molecule has 0 aliphatic heterocycles. The van der Waals surface area contributed by atoms with Gasteiger partial charge in [0, 0.05) is 15.6 Å². The van der Waals surface area contributed by atoms with Crippen molar-refractivity contribution in [1.82, 2.24) is 0 Å². The van der Waals surface area contributed by atoms with Crippen LogP contribution in [0.2, 0.25) is 0 Å². The molecular weight excluding hydrogens is 342 g/mol. The maximum Gasteiger partial charge on any atom is 0.164 e. The first-order valence-electron chi connectivity index (χ1n) is 6.34. The second-order valence-electron chi connectivity index (χ2n) is 4.79. The molecule has 2 aromatic rings. The van der Waals surface area contributed by atoms with E-state index in [4.69, 9.17) is 4.74 Å². The molecule has 0 fully saturated rings. The number of aryl methyl sites for hydroxylation is 1. The number of methoxy groups -OCH3 is 1. The molecule has 2 nitrogen and oxygen atoms in total. The largest absolute Gasteiger partial charge is 0.496 e. The number of hydrogen-bond acceptors (Lipinski definition) is 2.